The van der Waals surface area contributed by atoms with E-state index in [0.29, 0.717) is 36.6 Å². The first-order chi connectivity index (χ1) is 20.9. The Kier molecular flexibility index (Phi) is 6.11. The minimum atomic E-state index is -1.07. The topological polar surface area (TPSA) is 124 Å². The Bertz CT molecular complexity index is 1640. The average molecular weight is 586 g/mol. The lowest BCUT2D eigenvalue weighted by molar-refractivity contribution is -0.173. The fourth-order valence-electron chi connectivity index (χ4n) is 8.81. The van der Waals surface area contributed by atoms with Crippen LogP contribution >= 0.6 is 0 Å². The number of rotatable bonds is 9. The van der Waals surface area contributed by atoms with Gasteiger partial charge in [0.2, 0.25) is 0 Å². The quantitative estimate of drug-likeness (QED) is 0.221. The summed E-state index contributed by atoms with van der Waals surface area (Å²) >= 11 is 0. The number of methoxy groups -OCH3 is 1. The molecule has 4 unspecified atom stereocenters. The molecule has 2 aliphatic heterocycles. The highest BCUT2D eigenvalue weighted by Crippen LogP contribution is 2.69. The molecular weight excluding hydrogens is 546 g/mol. The van der Waals surface area contributed by atoms with Crippen molar-refractivity contribution in [2.45, 2.75) is 80.9 Å². The number of para-hydroxylation sites is 1. The van der Waals surface area contributed by atoms with Crippen LogP contribution in [0.25, 0.3) is 10.9 Å². The van der Waals surface area contributed by atoms with Crippen LogP contribution in [0.1, 0.15) is 83.8 Å². The van der Waals surface area contributed by atoms with Crippen LogP contribution in [0.15, 0.2) is 30.3 Å². The van der Waals surface area contributed by atoms with Crippen molar-refractivity contribution in [2.24, 2.45) is 5.92 Å². The molecule has 1 aromatic heterocycles. The first-order valence-corrected chi connectivity index (χ1v) is 15.8. The number of unbranched alkanes of at least 4 members (excludes halogenated alkanes) is 2. The monoisotopic (exact) mass is 585 g/mol. The van der Waals surface area contributed by atoms with Crippen molar-refractivity contribution in [2.75, 3.05) is 26.7 Å². The van der Waals surface area contributed by atoms with Gasteiger partial charge in [-0.25, -0.2) is 0 Å². The summed E-state index contributed by atoms with van der Waals surface area (Å²) in [6, 6.07) is 9.48. The van der Waals surface area contributed by atoms with Gasteiger partial charge >= 0.3 is 5.97 Å². The Hall–Kier alpha value is -3.56. The summed E-state index contributed by atoms with van der Waals surface area (Å²) in [4.78, 5) is 30.9. The maximum absolute atomic E-state index is 13.4. The summed E-state index contributed by atoms with van der Waals surface area (Å²) in [7, 11) is 1.39. The van der Waals surface area contributed by atoms with E-state index >= 15 is 0 Å². The molecule has 9 nitrogen and oxygen atoms in total. The van der Waals surface area contributed by atoms with Gasteiger partial charge in [0.15, 0.2) is 17.6 Å². The van der Waals surface area contributed by atoms with E-state index in [4.69, 9.17) is 9.47 Å². The number of nitrogens with one attached hydrogen (secondary N) is 2. The van der Waals surface area contributed by atoms with Crippen molar-refractivity contribution in [3.05, 3.63) is 58.3 Å². The third-order valence-electron chi connectivity index (χ3n) is 11.0. The average Bonchev–Trinajstić information content (AvgIpc) is 3.64. The zero-order valence-electron chi connectivity index (χ0n) is 24.6. The number of hydrogen-bond acceptors (Lipinski definition) is 7. The van der Waals surface area contributed by atoms with Crippen LogP contribution in [-0.2, 0) is 27.8 Å². The molecule has 9 heteroatoms. The number of fused-ring (bicyclic) bond motifs is 4. The van der Waals surface area contributed by atoms with Gasteiger partial charge in [0.1, 0.15) is 0 Å². The van der Waals surface area contributed by atoms with Gasteiger partial charge in [0, 0.05) is 42.9 Å². The molecule has 4 N–H and O–H groups in total. The first-order valence-electron chi connectivity index (χ1n) is 15.8. The summed E-state index contributed by atoms with van der Waals surface area (Å²) in [6.45, 7) is 2.42. The number of aromatic amines is 1. The second kappa shape index (κ2) is 9.72. The van der Waals surface area contributed by atoms with Gasteiger partial charge in [0.05, 0.1) is 34.9 Å². The maximum Gasteiger partial charge on any atom is 0.305 e. The van der Waals surface area contributed by atoms with Gasteiger partial charge in [-0.15, -0.1) is 0 Å². The van der Waals surface area contributed by atoms with Crippen LogP contribution in [0.2, 0.25) is 0 Å². The molecule has 2 aromatic carbocycles. The molecule has 2 fully saturated rings. The molecule has 4 atom stereocenters. The molecule has 43 heavy (non-hydrogen) atoms. The van der Waals surface area contributed by atoms with E-state index in [1.165, 1.54) is 20.0 Å². The molecule has 1 saturated heterocycles. The summed E-state index contributed by atoms with van der Waals surface area (Å²) in [5.74, 6) is 0.970. The van der Waals surface area contributed by atoms with Crippen molar-refractivity contribution in [1.82, 2.24) is 15.2 Å². The highest BCUT2D eigenvalue weighted by atomic mass is 16.5. The Balaban J connectivity index is 1.15. The Labute approximate surface area is 250 Å². The van der Waals surface area contributed by atoms with E-state index in [-0.39, 0.29) is 23.7 Å². The molecule has 8 rings (SSSR count). The van der Waals surface area contributed by atoms with Crippen LogP contribution in [-0.4, -0.2) is 70.4 Å². The normalized spacial score (nSPS) is 28.2. The number of nitrogens with zero attached hydrogens (tertiary/aromatic N) is 1. The smallest absolute Gasteiger partial charge is 0.305 e. The number of ether oxygens (including phenoxy) is 2. The molecule has 1 amide bonds. The predicted octanol–water partition coefficient (Wildman–Crippen LogP) is 4.04. The molecule has 2 bridgehead atoms. The number of phenolic OH excluding ortho intramolecular Hbond substituents is 1. The fourth-order valence-corrected chi connectivity index (χ4v) is 8.81. The molecule has 0 radical (unpaired) electrons. The SMILES string of the molecule is COC(=O)CCCCCNC(=O)c1cccc2c3c([nH]c12)C1Oc2c(O)ccc4c2C12CCN(CC1CC1)C(C4)C2(O)C3. The lowest BCUT2D eigenvalue weighted by Gasteiger charge is -2.62. The molecule has 226 valence electrons. The molecule has 1 saturated carbocycles. The molecule has 1 spiro atoms. The fraction of sp³-hybridized carbons (Fsp3) is 0.529. The number of esters is 1. The van der Waals surface area contributed by atoms with Gasteiger partial charge in [0.25, 0.3) is 5.91 Å². The van der Waals surface area contributed by atoms with Crippen LogP contribution in [0, 0.1) is 5.92 Å². The van der Waals surface area contributed by atoms with Crippen LogP contribution in [0.5, 0.6) is 11.5 Å². The van der Waals surface area contributed by atoms with Crippen molar-refractivity contribution in [3.63, 3.8) is 0 Å². The van der Waals surface area contributed by atoms with Gasteiger partial charge in [-0.1, -0.05) is 24.6 Å². The number of aromatic hydroxyl groups is 1. The number of carbonyl (C=O) groups is 2. The molecule has 3 aliphatic carbocycles. The zero-order chi connectivity index (χ0) is 29.5. The lowest BCUT2D eigenvalue weighted by atomic mass is 9.49. The number of phenols is 1. The second-order valence-electron chi connectivity index (χ2n) is 13.3. The van der Waals surface area contributed by atoms with Gasteiger partial charge in [-0.05, 0) is 74.2 Å². The number of carbonyl (C=O) groups excluding carboxylic acids is 2. The Morgan fingerprint density at radius 2 is 2.05 bits per heavy atom. The number of hydrogen-bond donors (Lipinski definition) is 4. The minimum absolute atomic E-state index is 0.0419. The Morgan fingerprint density at radius 1 is 1.19 bits per heavy atom. The maximum atomic E-state index is 13.4. The Morgan fingerprint density at radius 3 is 2.86 bits per heavy atom. The van der Waals surface area contributed by atoms with Gasteiger partial charge in [-0.3, -0.25) is 14.5 Å². The van der Waals surface area contributed by atoms with E-state index in [9.17, 15) is 19.8 Å². The minimum Gasteiger partial charge on any atom is -0.504 e. The third kappa shape index (κ3) is 3.83. The molecule has 3 heterocycles. The highest BCUT2D eigenvalue weighted by Gasteiger charge is 2.72. The van der Waals surface area contributed by atoms with Crippen LogP contribution in [0.4, 0.5) is 0 Å². The third-order valence-corrected chi connectivity index (χ3v) is 11.0. The largest absolute Gasteiger partial charge is 0.504 e. The van der Waals surface area contributed by atoms with E-state index in [0.717, 1.165) is 78.5 Å². The van der Waals surface area contributed by atoms with Crippen molar-refractivity contribution < 1.29 is 29.3 Å². The summed E-state index contributed by atoms with van der Waals surface area (Å²) in [6.07, 6.45) is 6.70. The summed E-state index contributed by atoms with van der Waals surface area (Å²) < 4.78 is 11.4. The summed E-state index contributed by atoms with van der Waals surface area (Å²) in [5.41, 5.74) is 3.63. The van der Waals surface area contributed by atoms with Crippen molar-refractivity contribution in [3.8, 4) is 11.5 Å². The molecule has 3 aromatic rings. The number of amides is 1. The lowest BCUT2D eigenvalue weighted by Crippen LogP contribution is -2.74. The zero-order valence-corrected chi connectivity index (χ0v) is 24.6. The number of likely N-dealkylation sites (tertiary alicyclic amines) is 1. The van der Waals surface area contributed by atoms with Crippen molar-refractivity contribution >= 4 is 22.8 Å². The van der Waals surface area contributed by atoms with Gasteiger partial charge < -0.3 is 30.0 Å². The first kappa shape index (κ1) is 27.0. The highest BCUT2D eigenvalue weighted by molar-refractivity contribution is 6.07. The molecular formula is C34H39N3O6. The van der Waals surface area contributed by atoms with E-state index in [1.54, 1.807) is 6.07 Å². The number of benzene rings is 2. The number of piperidine rings is 1. The number of aliphatic hydroxyl groups is 1. The standard InChI is InChI=1S/C34H39N3O6/c1-42-26(39)8-3-2-4-14-35-32(40)22-7-5-6-21-23-17-34(41)25-16-20-11-12-24(38)30-27(20)33(34,13-15-37(25)18-19-9-10-19)31(43-30)29(23)36-28(21)22/h5-7,11-12,19,25,31,36,38,41H,2-4,8-10,13-18H2,1H3,(H,35,40). The predicted molar refractivity (Wildman–Crippen MR) is 159 cm³/mol. The van der Waals surface area contributed by atoms with Crippen molar-refractivity contribution in [1.29, 1.82) is 0 Å². The van der Waals surface area contributed by atoms with Crippen LogP contribution in [0.3, 0.4) is 0 Å². The van der Waals surface area contributed by atoms with E-state index in [1.807, 2.05) is 24.3 Å². The van der Waals surface area contributed by atoms with E-state index in [2.05, 4.69) is 15.2 Å². The van der Waals surface area contributed by atoms with Crippen LogP contribution < -0.4 is 10.1 Å². The number of aromatic nitrogens is 1. The summed E-state index contributed by atoms with van der Waals surface area (Å²) in [5, 5.41) is 28.0. The number of H-pyrrole nitrogens is 1. The van der Waals surface area contributed by atoms with Gasteiger partial charge in [-0.2, -0.15) is 0 Å². The second-order valence-corrected chi connectivity index (χ2v) is 13.3. The molecule has 5 aliphatic rings. The van der Waals surface area contributed by atoms with E-state index < -0.39 is 17.1 Å².